The molecule has 0 unspecified atom stereocenters. The molecule has 1 N–H and O–H groups in total. The van der Waals surface area contributed by atoms with E-state index >= 15 is 0 Å². The highest BCUT2D eigenvalue weighted by molar-refractivity contribution is 6.43. The molecule has 2 atom stereocenters. The first-order valence-electron chi connectivity index (χ1n) is 8.95. The maximum absolute atomic E-state index is 13.0. The molecule has 2 fully saturated rings. The Morgan fingerprint density at radius 2 is 1.81 bits per heavy atom. The van der Waals surface area contributed by atoms with Gasteiger partial charge >= 0.3 is 0 Å². The van der Waals surface area contributed by atoms with Gasteiger partial charge < -0.3 is 15.1 Å². The fourth-order valence-corrected chi connectivity index (χ4v) is 4.23. The lowest BCUT2D eigenvalue weighted by molar-refractivity contribution is -0.143. The van der Waals surface area contributed by atoms with Crippen LogP contribution in [0.4, 0.5) is 5.69 Å². The van der Waals surface area contributed by atoms with E-state index in [-0.39, 0.29) is 23.1 Å². The van der Waals surface area contributed by atoms with E-state index in [4.69, 9.17) is 23.2 Å². The molecule has 3 rings (SSSR count). The molecular formula is C19H25Cl2N3O2. The molecule has 0 spiro atoms. The van der Waals surface area contributed by atoms with Crippen molar-refractivity contribution in [3.8, 4) is 0 Å². The number of anilines is 1. The predicted octanol–water partition coefficient (Wildman–Crippen LogP) is 3.05. The van der Waals surface area contributed by atoms with Crippen LogP contribution in [0.15, 0.2) is 18.2 Å². The number of hydrogen-bond donors (Lipinski definition) is 1. The van der Waals surface area contributed by atoms with Gasteiger partial charge in [0.15, 0.2) is 0 Å². The zero-order chi connectivity index (χ0) is 19.1. The van der Waals surface area contributed by atoms with Gasteiger partial charge in [-0.3, -0.25) is 9.59 Å². The molecular weight excluding hydrogens is 373 g/mol. The third kappa shape index (κ3) is 3.65. The van der Waals surface area contributed by atoms with Crippen molar-refractivity contribution in [1.29, 1.82) is 0 Å². The highest BCUT2D eigenvalue weighted by atomic mass is 35.5. The zero-order valence-electron chi connectivity index (χ0n) is 15.4. The Balaban J connectivity index is 1.69. The van der Waals surface area contributed by atoms with Crippen molar-refractivity contribution in [2.45, 2.75) is 20.8 Å². The van der Waals surface area contributed by atoms with E-state index in [2.05, 4.69) is 31.0 Å². The van der Waals surface area contributed by atoms with Gasteiger partial charge in [-0.15, -0.1) is 0 Å². The molecule has 142 valence electrons. The highest BCUT2D eigenvalue weighted by Crippen LogP contribution is 2.37. The number of piperazine rings is 1. The Labute approximate surface area is 164 Å². The number of carbonyl (C=O) groups is 2. The number of carbonyl (C=O) groups excluding carboxylic acids is 2. The van der Waals surface area contributed by atoms with Crippen LogP contribution in [-0.4, -0.2) is 49.4 Å². The number of nitrogens with zero attached hydrogens (tertiary/aromatic N) is 2. The number of nitrogens with one attached hydrogen (secondary N) is 1. The average Bonchev–Trinajstić information content (AvgIpc) is 2.99. The molecule has 0 aliphatic carbocycles. The fourth-order valence-electron chi connectivity index (χ4n) is 3.81. The number of hydrogen-bond acceptors (Lipinski definition) is 3. The first kappa shape index (κ1) is 19.3. The van der Waals surface area contributed by atoms with Gasteiger partial charge in [0.2, 0.25) is 11.8 Å². The Hall–Kier alpha value is -1.46. The topological polar surface area (TPSA) is 52.7 Å². The Kier molecular flexibility index (Phi) is 5.40. The van der Waals surface area contributed by atoms with Gasteiger partial charge in [-0.05, 0) is 17.5 Å². The van der Waals surface area contributed by atoms with E-state index in [9.17, 15) is 9.59 Å². The smallest absolute Gasteiger partial charge is 0.235 e. The maximum atomic E-state index is 13.0. The second-order valence-corrected chi connectivity index (χ2v) is 8.87. The summed E-state index contributed by atoms with van der Waals surface area (Å²) in [6.45, 7) is 9.29. The maximum Gasteiger partial charge on any atom is 0.235 e. The minimum Gasteiger partial charge on any atom is -0.367 e. The standard InChI is InChI=1S/C19H25Cl2N3O2/c1-19(2,3)12-11-22-17(25)15(12)18(26)24-9-7-23(8-10-24)14-6-4-5-13(20)16(14)21/h4-6,12,15H,7-11H2,1-3H3,(H,22,25)/t12-,15+/m0/s1. The average molecular weight is 398 g/mol. The van der Waals surface area contributed by atoms with Crippen LogP contribution in [0.5, 0.6) is 0 Å². The summed E-state index contributed by atoms with van der Waals surface area (Å²) in [5.74, 6) is -0.772. The van der Waals surface area contributed by atoms with Crippen molar-refractivity contribution in [3.63, 3.8) is 0 Å². The third-order valence-corrected chi connectivity index (χ3v) is 6.23. The fraction of sp³-hybridized carbons (Fsp3) is 0.579. The highest BCUT2D eigenvalue weighted by Gasteiger charge is 2.47. The summed E-state index contributed by atoms with van der Waals surface area (Å²) in [6.07, 6.45) is 0. The van der Waals surface area contributed by atoms with Gasteiger partial charge in [0, 0.05) is 38.6 Å². The van der Waals surface area contributed by atoms with E-state index in [1.807, 2.05) is 17.0 Å². The van der Waals surface area contributed by atoms with Crippen LogP contribution in [0.3, 0.4) is 0 Å². The lowest BCUT2D eigenvalue weighted by Crippen LogP contribution is -2.52. The molecule has 2 saturated heterocycles. The van der Waals surface area contributed by atoms with Crippen molar-refractivity contribution in [2.75, 3.05) is 37.6 Å². The summed E-state index contributed by atoms with van der Waals surface area (Å²) in [6, 6.07) is 5.57. The summed E-state index contributed by atoms with van der Waals surface area (Å²) in [5, 5.41) is 3.93. The van der Waals surface area contributed by atoms with E-state index in [0.29, 0.717) is 42.8 Å². The van der Waals surface area contributed by atoms with Gasteiger partial charge in [-0.2, -0.15) is 0 Å². The second kappa shape index (κ2) is 7.28. The molecule has 1 aromatic rings. The van der Waals surface area contributed by atoms with Crippen molar-refractivity contribution < 1.29 is 9.59 Å². The number of amides is 2. The van der Waals surface area contributed by atoms with E-state index < -0.39 is 5.92 Å². The monoisotopic (exact) mass is 397 g/mol. The van der Waals surface area contributed by atoms with Gasteiger partial charge in [0.05, 0.1) is 15.7 Å². The van der Waals surface area contributed by atoms with Crippen LogP contribution < -0.4 is 10.2 Å². The van der Waals surface area contributed by atoms with E-state index in [0.717, 1.165) is 5.69 Å². The van der Waals surface area contributed by atoms with Crippen molar-refractivity contribution in [2.24, 2.45) is 17.3 Å². The molecule has 2 heterocycles. The molecule has 2 aliphatic rings. The van der Waals surface area contributed by atoms with E-state index in [1.165, 1.54) is 0 Å². The molecule has 2 aliphatic heterocycles. The summed E-state index contributed by atoms with van der Waals surface area (Å²) in [5.41, 5.74) is 0.785. The lowest BCUT2D eigenvalue weighted by atomic mass is 9.74. The predicted molar refractivity (Wildman–Crippen MR) is 105 cm³/mol. The normalized spacial score (nSPS) is 24.0. The van der Waals surface area contributed by atoms with Crippen LogP contribution >= 0.6 is 23.2 Å². The van der Waals surface area contributed by atoms with Crippen LogP contribution in [0.2, 0.25) is 10.0 Å². The lowest BCUT2D eigenvalue weighted by Gasteiger charge is -2.39. The molecule has 5 nitrogen and oxygen atoms in total. The van der Waals surface area contributed by atoms with Crippen molar-refractivity contribution >= 4 is 40.7 Å². The molecule has 26 heavy (non-hydrogen) atoms. The van der Waals surface area contributed by atoms with Crippen LogP contribution in [-0.2, 0) is 9.59 Å². The number of halogens is 2. The summed E-state index contributed by atoms with van der Waals surface area (Å²) >= 11 is 12.4. The Bertz CT molecular complexity index is 709. The zero-order valence-corrected chi connectivity index (χ0v) is 16.9. The minimum absolute atomic E-state index is 0.0166. The summed E-state index contributed by atoms with van der Waals surface area (Å²) in [7, 11) is 0. The second-order valence-electron chi connectivity index (χ2n) is 8.08. The Morgan fingerprint density at radius 1 is 1.15 bits per heavy atom. The van der Waals surface area contributed by atoms with Crippen molar-refractivity contribution in [1.82, 2.24) is 10.2 Å². The third-order valence-electron chi connectivity index (χ3n) is 5.42. The molecule has 0 bridgehead atoms. The van der Waals surface area contributed by atoms with Crippen LogP contribution in [0, 0.1) is 17.3 Å². The molecule has 2 amide bonds. The number of rotatable bonds is 2. The van der Waals surface area contributed by atoms with Gasteiger partial charge in [-0.1, -0.05) is 50.0 Å². The van der Waals surface area contributed by atoms with Crippen LogP contribution in [0.1, 0.15) is 20.8 Å². The first-order valence-corrected chi connectivity index (χ1v) is 9.71. The quantitative estimate of drug-likeness (QED) is 0.780. The summed E-state index contributed by atoms with van der Waals surface area (Å²) < 4.78 is 0. The summed E-state index contributed by atoms with van der Waals surface area (Å²) in [4.78, 5) is 29.3. The SMILES string of the molecule is CC(C)(C)[C@H]1CNC(=O)[C@@H]1C(=O)N1CCN(c2cccc(Cl)c2Cl)CC1. The minimum atomic E-state index is -0.587. The van der Waals surface area contributed by atoms with Gasteiger partial charge in [0.1, 0.15) is 5.92 Å². The van der Waals surface area contributed by atoms with Crippen LogP contribution in [0.25, 0.3) is 0 Å². The first-order chi connectivity index (χ1) is 12.2. The molecule has 1 aromatic carbocycles. The largest absolute Gasteiger partial charge is 0.367 e. The molecule has 0 radical (unpaired) electrons. The molecule has 7 heteroatoms. The molecule has 0 aromatic heterocycles. The van der Waals surface area contributed by atoms with Gasteiger partial charge in [-0.25, -0.2) is 0 Å². The molecule has 0 saturated carbocycles. The van der Waals surface area contributed by atoms with Crippen molar-refractivity contribution in [3.05, 3.63) is 28.2 Å². The van der Waals surface area contributed by atoms with Gasteiger partial charge in [0.25, 0.3) is 0 Å². The Morgan fingerprint density at radius 3 is 2.42 bits per heavy atom. The number of benzene rings is 1. The van der Waals surface area contributed by atoms with E-state index in [1.54, 1.807) is 6.07 Å².